The van der Waals surface area contributed by atoms with Crippen LogP contribution in [0, 0.1) is 0 Å². The molecule has 0 saturated carbocycles. The lowest BCUT2D eigenvalue weighted by Crippen LogP contribution is -2.44. The first-order valence-corrected chi connectivity index (χ1v) is 9.52. The maximum atomic E-state index is 12.2. The molecule has 6 nitrogen and oxygen atoms in total. The fourth-order valence-corrected chi connectivity index (χ4v) is 3.74. The van der Waals surface area contributed by atoms with Gasteiger partial charge in [-0.25, -0.2) is 5.43 Å². The minimum Gasteiger partial charge on any atom is -0.482 e. The number of carbonyl (C=O) groups is 2. The van der Waals surface area contributed by atoms with Crippen LogP contribution >= 0.6 is 11.3 Å². The maximum absolute atomic E-state index is 12.2. The van der Waals surface area contributed by atoms with E-state index in [0.717, 1.165) is 15.3 Å². The van der Waals surface area contributed by atoms with Crippen LogP contribution in [0.25, 0.3) is 10.4 Å². The van der Waals surface area contributed by atoms with Crippen molar-refractivity contribution in [1.82, 2.24) is 5.43 Å². The van der Waals surface area contributed by atoms with E-state index in [2.05, 4.69) is 10.5 Å². The Balaban J connectivity index is 1.37. The number of para-hydroxylation sites is 2. The van der Waals surface area contributed by atoms with E-state index < -0.39 is 0 Å². The molecule has 140 valence electrons. The standard InChI is InChI=1S/C21H17N3O3S/c25-20(13-24-17-8-4-5-9-18(17)27-14-21(24)26)23-22-12-16-10-11-19(28-16)15-6-2-1-3-7-15/h1-12H,13-14H2,(H,23,25)/b22-12-. The number of anilines is 1. The lowest BCUT2D eigenvalue weighted by Gasteiger charge is -2.28. The quantitative estimate of drug-likeness (QED) is 0.536. The zero-order valence-electron chi connectivity index (χ0n) is 14.9. The molecule has 0 radical (unpaired) electrons. The van der Waals surface area contributed by atoms with Crippen molar-refractivity contribution >= 4 is 35.1 Å². The molecule has 0 unspecified atom stereocenters. The molecular formula is C21H17N3O3S. The Bertz CT molecular complexity index is 1030. The van der Waals surface area contributed by atoms with Crippen LogP contribution in [0.3, 0.4) is 0 Å². The van der Waals surface area contributed by atoms with Gasteiger partial charge in [0.15, 0.2) is 6.61 Å². The first-order chi connectivity index (χ1) is 13.7. The average Bonchev–Trinajstić information content (AvgIpc) is 3.20. The molecule has 3 aromatic rings. The smallest absolute Gasteiger partial charge is 0.265 e. The number of hydrazone groups is 1. The number of thiophene rings is 1. The molecule has 0 spiro atoms. The summed E-state index contributed by atoms with van der Waals surface area (Å²) in [6.07, 6.45) is 1.60. The number of amides is 2. The first kappa shape index (κ1) is 17.9. The minimum atomic E-state index is -0.374. The molecule has 1 aliphatic heterocycles. The molecule has 1 N–H and O–H groups in total. The van der Waals surface area contributed by atoms with Crippen molar-refractivity contribution in [3.63, 3.8) is 0 Å². The van der Waals surface area contributed by atoms with Gasteiger partial charge in [-0.15, -0.1) is 11.3 Å². The average molecular weight is 391 g/mol. The minimum absolute atomic E-state index is 0.0784. The molecule has 2 aromatic carbocycles. The lowest BCUT2D eigenvalue weighted by atomic mass is 10.2. The van der Waals surface area contributed by atoms with Gasteiger partial charge < -0.3 is 4.74 Å². The second kappa shape index (κ2) is 8.06. The van der Waals surface area contributed by atoms with Crippen LogP contribution in [0.4, 0.5) is 5.69 Å². The Morgan fingerprint density at radius 3 is 2.75 bits per heavy atom. The summed E-state index contributed by atoms with van der Waals surface area (Å²) in [6.45, 7) is -0.193. The monoisotopic (exact) mass is 391 g/mol. The molecule has 28 heavy (non-hydrogen) atoms. The van der Waals surface area contributed by atoms with Crippen LogP contribution < -0.4 is 15.1 Å². The lowest BCUT2D eigenvalue weighted by molar-refractivity contribution is -0.125. The number of fused-ring (bicyclic) bond motifs is 1. The molecule has 4 rings (SSSR count). The van der Waals surface area contributed by atoms with Gasteiger partial charge in [0.25, 0.3) is 11.8 Å². The van der Waals surface area contributed by atoms with Crippen LogP contribution in [-0.2, 0) is 9.59 Å². The van der Waals surface area contributed by atoms with Gasteiger partial charge in [-0.2, -0.15) is 5.10 Å². The van der Waals surface area contributed by atoms with Crippen molar-refractivity contribution < 1.29 is 14.3 Å². The number of benzene rings is 2. The van der Waals surface area contributed by atoms with Crippen molar-refractivity contribution in [3.8, 4) is 16.2 Å². The van der Waals surface area contributed by atoms with Gasteiger partial charge in [0.1, 0.15) is 12.3 Å². The zero-order valence-corrected chi connectivity index (χ0v) is 15.7. The largest absolute Gasteiger partial charge is 0.482 e. The van der Waals surface area contributed by atoms with E-state index in [9.17, 15) is 9.59 Å². The number of nitrogens with one attached hydrogen (secondary N) is 1. The summed E-state index contributed by atoms with van der Waals surface area (Å²) in [5.41, 5.74) is 4.21. The SMILES string of the molecule is O=C(CN1C(=O)COc2ccccc21)N/N=C\c1ccc(-c2ccccc2)s1. The van der Waals surface area contributed by atoms with E-state index in [0.29, 0.717) is 11.4 Å². The Kier molecular flexibility index (Phi) is 5.16. The second-order valence-corrected chi connectivity index (χ2v) is 7.21. The molecule has 1 aliphatic rings. The Labute approximate surface area is 166 Å². The third-order valence-corrected chi connectivity index (χ3v) is 5.24. The van der Waals surface area contributed by atoms with Crippen molar-refractivity contribution in [2.24, 2.45) is 5.10 Å². The van der Waals surface area contributed by atoms with Crippen LogP contribution in [0.5, 0.6) is 5.75 Å². The van der Waals surface area contributed by atoms with E-state index >= 15 is 0 Å². The number of hydrogen-bond acceptors (Lipinski definition) is 5. The molecule has 1 aromatic heterocycles. The van der Waals surface area contributed by atoms with Gasteiger partial charge in [-0.3, -0.25) is 14.5 Å². The molecule has 0 saturated heterocycles. The predicted molar refractivity (Wildman–Crippen MR) is 110 cm³/mol. The van der Waals surface area contributed by atoms with Crippen LogP contribution in [0.1, 0.15) is 4.88 Å². The summed E-state index contributed by atoms with van der Waals surface area (Å²) >= 11 is 1.58. The fourth-order valence-electron chi connectivity index (χ4n) is 2.85. The predicted octanol–water partition coefficient (Wildman–Crippen LogP) is 3.29. The third kappa shape index (κ3) is 3.94. The third-order valence-electron chi connectivity index (χ3n) is 4.18. The number of carbonyl (C=O) groups excluding carboxylic acids is 2. The maximum Gasteiger partial charge on any atom is 0.265 e. The molecule has 2 heterocycles. The highest BCUT2D eigenvalue weighted by Gasteiger charge is 2.26. The molecular weight excluding hydrogens is 374 g/mol. The van der Waals surface area contributed by atoms with Gasteiger partial charge in [0, 0.05) is 9.75 Å². The van der Waals surface area contributed by atoms with Gasteiger partial charge >= 0.3 is 0 Å². The van der Waals surface area contributed by atoms with E-state index in [1.165, 1.54) is 4.90 Å². The van der Waals surface area contributed by atoms with Gasteiger partial charge in [-0.05, 0) is 29.8 Å². The zero-order chi connectivity index (χ0) is 19.3. The van der Waals surface area contributed by atoms with E-state index in [1.54, 1.807) is 35.8 Å². The fraction of sp³-hybridized carbons (Fsp3) is 0.0952. The summed E-state index contributed by atoms with van der Waals surface area (Å²) in [5.74, 6) is -0.0461. The number of ether oxygens (including phenoxy) is 1. The summed E-state index contributed by atoms with van der Waals surface area (Å²) in [5, 5.41) is 4.01. The van der Waals surface area contributed by atoms with Gasteiger partial charge in [0.05, 0.1) is 11.9 Å². The number of hydrogen-bond donors (Lipinski definition) is 1. The summed E-state index contributed by atoms with van der Waals surface area (Å²) in [7, 11) is 0. The van der Waals surface area contributed by atoms with Gasteiger partial charge in [-0.1, -0.05) is 42.5 Å². The molecule has 0 aliphatic carbocycles. The van der Waals surface area contributed by atoms with Gasteiger partial charge in [0.2, 0.25) is 0 Å². The van der Waals surface area contributed by atoms with Crippen LogP contribution in [0.2, 0.25) is 0 Å². The topological polar surface area (TPSA) is 71.0 Å². The van der Waals surface area contributed by atoms with Crippen molar-refractivity contribution in [2.45, 2.75) is 0 Å². The van der Waals surface area contributed by atoms with Crippen molar-refractivity contribution in [1.29, 1.82) is 0 Å². The molecule has 7 heteroatoms. The molecule has 0 atom stereocenters. The Morgan fingerprint density at radius 2 is 1.89 bits per heavy atom. The normalized spacial score (nSPS) is 13.3. The molecule has 0 bridgehead atoms. The Hall–Kier alpha value is -3.45. The van der Waals surface area contributed by atoms with Crippen molar-refractivity contribution in [3.05, 3.63) is 71.6 Å². The number of nitrogens with zero attached hydrogens (tertiary/aromatic N) is 2. The summed E-state index contributed by atoms with van der Waals surface area (Å²) in [6, 6.07) is 21.2. The number of rotatable bonds is 5. The van der Waals surface area contributed by atoms with Crippen LogP contribution in [0.15, 0.2) is 71.8 Å². The molecule has 2 amide bonds. The highest BCUT2D eigenvalue weighted by atomic mass is 32.1. The second-order valence-electron chi connectivity index (χ2n) is 6.10. The molecule has 0 fully saturated rings. The van der Waals surface area contributed by atoms with E-state index in [4.69, 9.17) is 4.74 Å². The van der Waals surface area contributed by atoms with Crippen molar-refractivity contribution in [2.75, 3.05) is 18.1 Å². The summed E-state index contributed by atoms with van der Waals surface area (Å²) < 4.78 is 5.37. The van der Waals surface area contributed by atoms with E-state index in [1.807, 2.05) is 48.5 Å². The first-order valence-electron chi connectivity index (χ1n) is 8.70. The summed E-state index contributed by atoms with van der Waals surface area (Å²) in [4.78, 5) is 27.8. The Morgan fingerprint density at radius 1 is 1.11 bits per heavy atom. The van der Waals surface area contributed by atoms with Crippen LogP contribution in [-0.4, -0.2) is 31.2 Å². The van der Waals surface area contributed by atoms with E-state index in [-0.39, 0.29) is 25.0 Å². The highest BCUT2D eigenvalue weighted by molar-refractivity contribution is 7.17. The highest BCUT2D eigenvalue weighted by Crippen LogP contribution is 2.31.